The lowest BCUT2D eigenvalue weighted by atomic mass is 9.94. The lowest BCUT2D eigenvalue weighted by Crippen LogP contribution is -2.42. The second kappa shape index (κ2) is 8.97. The lowest BCUT2D eigenvalue weighted by molar-refractivity contribution is 0.0600. The number of esters is 2. The molecule has 0 unspecified atom stereocenters. The largest absolute Gasteiger partial charge is 0.465 e. The van der Waals surface area contributed by atoms with Crippen molar-refractivity contribution in [3.63, 3.8) is 0 Å². The molecule has 0 amide bonds. The van der Waals surface area contributed by atoms with Gasteiger partial charge < -0.3 is 9.47 Å². The molecule has 30 heavy (non-hydrogen) atoms. The first-order valence-electron chi connectivity index (χ1n) is 9.71. The number of rotatable bonds is 5. The number of benzene rings is 2. The van der Waals surface area contributed by atoms with Crippen LogP contribution in [0.1, 0.15) is 41.0 Å². The van der Waals surface area contributed by atoms with Gasteiger partial charge in [0.05, 0.1) is 23.1 Å². The van der Waals surface area contributed by atoms with Gasteiger partial charge in [-0.15, -0.1) is 0 Å². The van der Waals surface area contributed by atoms with Gasteiger partial charge in [-0.25, -0.2) is 18.0 Å². The summed E-state index contributed by atoms with van der Waals surface area (Å²) >= 11 is 0. The molecule has 8 heteroatoms. The van der Waals surface area contributed by atoms with Gasteiger partial charge in [0.15, 0.2) is 0 Å². The van der Waals surface area contributed by atoms with E-state index in [2.05, 4.69) is 18.6 Å². The predicted molar refractivity (Wildman–Crippen MR) is 111 cm³/mol. The first-order chi connectivity index (χ1) is 14.2. The molecular formula is C22H25NO6S. The van der Waals surface area contributed by atoms with Gasteiger partial charge in [-0.2, -0.15) is 4.31 Å². The molecule has 0 spiro atoms. The number of methoxy groups -OCH3 is 1. The molecule has 0 aliphatic carbocycles. The quantitative estimate of drug-likeness (QED) is 0.533. The lowest BCUT2D eigenvalue weighted by Gasteiger charge is -2.34. The SMILES string of the molecule is COC(=O)c1ccc(OC(=O)c2ccc(S(=O)(=O)N3C[C@H](C)C[C@@H](C)C3)cc2)cc1. The molecule has 0 N–H and O–H groups in total. The van der Waals surface area contributed by atoms with E-state index in [4.69, 9.17) is 4.74 Å². The Labute approximate surface area is 176 Å². The highest BCUT2D eigenvalue weighted by Gasteiger charge is 2.31. The third kappa shape index (κ3) is 4.88. The fraction of sp³-hybridized carbons (Fsp3) is 0.364. The van der Waals surface area contributed by atoms with Crippen molar-refractivity contribution < 1.29 is 27.5 Å². The number of piperidine rings is 1. The zero-order valence-corrected chi connectivity index (χ0v) is 18.0. The van der Waals surface area contributed by atoms with Crippen molar-refractivity contribution in [1.82, 2.24) is 4.31 Å². The normalized spacial score (nSPS) is 19.8. The summed E-state index contributed by atoms with van der Waals surface area (Å²) in [5, 5.41) is 0. The van der Waals surface area contributed by atoms with Crippen molar-refractivity contribution in [2.45, 2.75) is 25.2 Å². The Balaban J connectivity index is 1.70. The maximum Gasteiger partial charge on any atom is 0.343 e. The molecule has 0 bridgehead atoms. The number of sulfonamides is 1. The second-order valence-electron chi connectivity index (χ2n) is 7.70. The molecule has 1 saturated heterocycles. The van der Waals surface area contributed by atoms with Gasteiger partial charge in [-0.1, -0.05) is 13.8 Å². The summed E-state index contributed by atoms with van der Waals surface area (Å²) in [5.41, 5.74) is 0.569. The highest BCUT2D eigenvalue weighted by Crippen LogP contribution is 2.27. The number of hydrogen-bond acceptors (Lipinski definition) is 6. The van der Waals surface area contributed by atoms with Crippen LogP contribution in [0.3, 0.4) is 0 Å². The molecule has 1 aliphatic rings. The molecule has 0 radical (unpaired) electrons. The average molecular weight is 432 g/mol. The van der Waals surface area contributed by atoms with Crippen LogP contribution in [-0.4, -0.2) is 44.9 Å². The maximum absolute atomic E-state index is 12.9. The van der Waals surface area contributed by atoms with Crippen molar-refractivity contribution >= 4 is 22.0 Å². The Bertz CT molecular complexity index is 1000. The Morgan fingerprint density at radius 1 is 0.867 bits per heavy atom. The van der Waals surface area contributed by atoms with E-state index in [0.717, 1.165) is 6.42 Å². The average Bonchev–Trinajstić information content (AvgIpc) is 2.73. The van der Waals surface area contributed by atoms with E-state index in [1.807, 2.05) is 0 Å². The minimum atomic E-state index is -3.61. The van der Waals surface area contributed by atoms with Crippen LogP contribution in [0.5, 0.6) is 5.75 Å². The molecule has 2 aromatic rings. The maximum atomic E-state index is 12.9. The van der Waals surface area contributed by atoms with Crippen molar-refractivity contribution in [3.8, 4) is 5.75 Å². The molecule has 1 aliphatic heterocycles. The van der Waals surface area contributed by atoms with Crippen LogP contribution in [-0.2, 0) is 14.8 Å². The molecule has 7 nitrogen and oxygen atoms in total. The van der Waals surface area contributed by atoms with Crippen LogP contribution >= 0.6 is 0 Å². The van der Waals surface area contributed by atoms with Gasteiger partial charge in [-0.3, -0.25) is 0 Å². The fourth-order valence-corrected chi connectivity index (χ4v) is 5.34. The number of carbonyl (C=O) groups excluding carboxylic acids is 2. The Kier molecular flexibility index (Phi) is 6.58. The minimum absolute atomic E-state index is 0.155. The number of nitrogens with zero attached hydrogens (tertiary/aromatic N) is 1. The zero-order valence-electron chi connectivity index (χ0n) is 17.2. The van der Waals surface area contributed by atoms with E-state index >= 15 is 0 Å². The van der Waals surface area contributed by atoms with Gasteiger partial charge in [0.25, 0.3) is 0 Å². The topological polar surface area (TPSA) is 90.0 Å². The van der Waals surface area contributed by atoms with Crippen molar-refractivity contribution in [1.29, 1.82) is 0 Å². The van der Waals surface area contributed by atoms with Crippen LogP contribution in [0.25, 0.3) is 0 Å². The number of carbonyl (C=O) groups is 2. The first kappa shape index (κ1) is 22.0. The van der Waals surface area contributed by atoms with Gasteiger partial charge in [0.1, 0.15) is 5.75 Å². The van der Waals surface area contributed by atoms with Crippen molar-refractivity contribution in [2.75, 3.05) is 20.2 Å². The van der Waals surface area contributed by atoms with Crippen LogP contribution < -0.4 is 4.74 Å². The molecule has 3 rings (SSSR count). The van der Waals surface area contributed by atoms with Gasteiger partial charge in [0, 0.05) is 13.1 Å². The van der Waals surface area contributed by atoms with Gasteiger partial charge >= 0.3 is 11.9 Å². The Morgan fingerprint density at radius 2 is 1.37 bits per heavy atom. The van der Waals surface area contributed by atoms with Crippen LogP contribution in [0.2, 0.25) is 0 Å². The highest BCUT2D eigenvalue weighted by atomic mass is 32.2. The third-order valence-electron chi connectivity index (χ3n) is 5.05. The van der Waals surface area contributed by atoms with Crippen LogP contribution in [0.4, 0.5) is 0 Å². The molecule has 2 aromatic carbocycles. The molecule has 1 fully saturated rings. The monoisotopic (exact) mass is 431 g/mol. The fourth-order valence-electron chi connectivity index (χ4n) is 3.66. The molecule has 0 saturated carbocycles. The molecule has 160 valence electrons. The van der Waals surface area contributed by atoms with E-state index < -0.39 is 22.0 Å². The Morgan fingerprint density at radius 3 is 1.90 bits per heavy atom. The van der Waals surface area contributed by atoms with E-state index in [1.165, 1.54) is 59.9 Å². The summed E-state index contributed by atoms with van der Waals surface area (Å²) in [6, 6.07) is 11.7. The second-order valence-corrected chi connectivity index (χ2v) is 9.64. The van der Waals surface area contributed by atoms with Gasteiger partial charge in [0.2, 0.25) is 10.0 Å². The summed E-state index contributed by atoms with van der Waals surface area (Å²) < 4.78 is 37.3. The molecular weight excluding hydrogens is 406 g/mol. The van der Waals surface area contributed by atoms with Gasteiger partial charge in [-0.05, 0) is 66.8 Å². The van der Waals surface area contributed by atoms with E-state index in [-0.39, 0.29) is 16.2 Å². The summed E-state index contributed by atoms with van der Waals surface area (Å²) in [5.74, 6) is -0.223. The van der Waals surface area contributed by atoms with Crippen molar-refractivity contribution in [3.05, 3.63) is 59.7 Å². The summed E-state index contributed by atoms with van der Waals surface area (Å²) in [6.45, 7) is 5.10. The standard InChI is InChI=1S/C22H25NO6S/c1-15-12-16(2)14-23(13-15)30(26,27)20-10-6-18(7-11-20)22(25)29-19-8-4-17(5-9-19)21(24)28-3/h4-11,15-16H,12-14H2,1-3H3/t15-,16-/m1/s1. The summed E-state index contributed by atoms with van der Waals surface area (Å²) in [4.78, 5) is 24.0. The molecule has 2 atom stereocenters. The highest BCUT2D eigenvalue weighted by molar-refractivity contribution is 7.89. The van der Waals surface area contributed by atoms with E-state index in [1.54, 1.807) is 0 Å². The number of hydrogen-bond donors (Lipinski definition) is 0. The predicted octanol–water partition coefficient (Wildman–Crippen LogP) is 3.36. The minimum Gasteiger partial charge on any atom is -0.465 e. The van der Waals surface area contributed by atoms with Crippen molar-refractivity contribution in [2.24, 2.45) is 11.8 Å². The third-order valence-corrected chi connectivity index (χ3v) is 6.89. The molecule has 1 heterocycles. The first-order valence-corrected chi connectivity index (χ1v) is 11.2. The van der Waals surface area contributed by atoms with E-state index in [9.17, 15) is 18.0 Å². The summed E-state index contributed by atoms with van der Waals surface area (Å²) in [6.07, 6.45) is 1.01. The molecule has 0 aromatic heterocycles. The van der Waals surface area contributed by atoms with Crippen LogP contribution in [0.15, 0.2) is 53.4 Å². The Hall–Kier alpha value is -2.71. The van der Waals surface area contributed by atoms with E-state index in [0.29, 0.717) is 30.5 Å². The van der Waals surface area contributed by atoms with Crippen LogP contribution in [0, 0.1) is 11.8 Å². The summed E-state index contributed by atoms with van der Waals surface area (Å²) in [7, 11) is -2.32. The smallest absolute Gasteiger partial charge is 0.343 e. The number of ether oxygens (including phenoxy) is 2. The zero-order chi connectivity index (χ0) is 21.9.